The van der Waals surface area contributed by atoms with Crippen molar-refractivity contribution in [2.45, 2.75) is 18.8 Å². The number of nitrogens with zero attached hydrogens (tertiary/aromatic N) is 3. The van der Waals surface area contributed by atoms with Crippen molar-refractivity contribution in [3.05, 3.63) is 76.2 Å². The molecule has 1 atom stereocenters. The first-order valence-electron chi connectivity index (χ1n) is 9.95. The Hall–Kier alpha value is -3.19. The van der Waals surface area contributed by atoms with Crippen molar-refractivity contribution in [2.75, 3.05) is 14.2 Å². The van der Waals surface area contributed by atoms with Crippen molar-refractivity contribution in [1.82, 2.24) is 14.6 Å². The van der Waals surface area contributed by atoms with Crippen LogP contribution in [0, 0.1) is 0 Å². The van der Waals surface area contributed by atoms with Crippen LogP contribution >= 0.6 is 15.9 Å². The number of halogens is 1. The molecule has 0 amide bonds. The molecular formula is C24H20BrN3O3. The first kappa shape index (κ1) is 19.8. The number of methoxy groups -OCH3 is 2. The quantitative estimate of drug-likeness (QED) is 0.409. The molecule has 31 heavy (non-hydrogen) atoms. The zero-order valence-electron chi connectivity index (χ0n) is 17.1. The molecule has 2 heterocycles. The number of Topliss-reactive ketones (excluding diaryl/α,β-unsaturated/α-hetero) is 1. The smallest absolute Gasteiger partial charge is 0.166 e. The fourth-order valence-electron chi connectivity index (χ4n) is 4.18. The average Bonchev–Trinajstić information content (AvgIpc) is 3.20. The van der Waals surface area contributed by atoms with Gasteiger partial charge in [0.05, 0.1) is 31.7 Å². The Morgan fingerprint density at radius 1 is 1.03 bits per heavy atom. The fraction of sp³-hybridized carbons (Fsp3) is 0.208. The first-order valence-corrected chi connectivity index (χ1v) is 10.7. The van der Waals surface area contributed by atoms with E-state index in [4.69, 9.17) is 14.5 Å². The lowest BCUT2D eigenvalue weighted by Crippen LogP contribution is -2.21. The molecule has 6 nitrogen and oxygen atoms in total. The molecule has 0 radical (unpaired) electrons. The van der Waals surface area contributed by atoms with Gasteiger partial charge in [-0.05, 0) is 35.7 Å². The molecule has 1 aliphatic rings. The van der Waals surface area contributed by atoms with Crippen molar-refractivity contribution < 1.29 is 14.3 Å². The SMILES string of the molecule is COc1ccc(C2CC(=O)c3cn4ncc(-c5ccc(Br)cc5)c4nc3C2)c(OC)c1. The summed E-state index contributed by atoms with van der Waals surface area (Å²) in [7, 11) is 3.26. The molecule has 0 fully saturated rings. The van der Waals surface area contributed by atoms with E-state index in [9.17, 15) is 4.79 Å². The maximum Gasteiger partial charge on any atom is 0.166 e. The standard InChI is InChI=1S/C24H20BrN3O3/c1-30-17-7-8-18(23(11-17)31-2)15-9-21-20(22(29)10-15)13-28-24(27-21)19(12-26-28)14-3-5-16(25)6-4-14/h3-8,11-13,15H,9-10H2,1-2H3. The van der Waals surface area contributed by atoms with Gasteiger partial charge in [0, 0.05) is 34.6 Å². The number of benzene rings is 2. The Morgan fingerprint density at radius 3 is 2.58 bits per heavy atom. The Bertz CT molecular complexity index is 1300. The van der Waals surface area contributed by atoms with Crippen LogP contribution in [0.25, 0.3) is 16.8 Å². The average molecular weight is 478 g/mol. The van der Waals surface area contributed by atoms with Crippen molar-refractivity contribution in [1.29, 1.82) is 0 Å². The van der Waals surface area contributed by atoms with E-state index in [1.807, 2.05) is 48.7 Å². The topological polar surface area (TPSA) is 65.7 Å². The summed E-state index contributed by atoms with van der Waals surface area (Å²) in [4.78, 5) is 17.9. The highest BCUT2D eigenvalue weighted by atomic mass is 79.9. The number of aromatic nitrogens is 3. The van der Waals surface area contributed by atoms with Gasteiger partial charge in [-0.1, -0.05) is 34.1 Å². The minimum atomic E-state index is -0.00476. The molecule has 2 aromatic carbocycles. The van der Waals surface area contributed by atoms with Crippen LogP contribution in [0.3, 0.4) is 0 Å². The summed E-state index contributed by atoms with van der Waals surface area (Å²) in [6.07, 6.45) is 4.67. The third kappa shape index (κ3) is 3.49. The predicted octanol–water partition coefficient (Wildman–Crippen LogP) is 5.09. The van der Waals surface area contributed by atoms with Gasteiger partial charge >= 0.3 is 0 Å². The van der Waals surface area contributed by atoms with Gasteiger partial charge < -0.3 is 9.47 Å². The fourth-order valence-corrected chi connectivity index (χ4v) is 4.45. The Morgan fingerprint density at radius 2 is 1.84 bits per heavy atom. The van der Waals surface area contributed by atoms with E-state index in [-0.39, 0.29) is 11.7 Å². The largest absolute Gasteiger partial charge is 0.497 e. The summed E-state index contributed by atoms with van der Waals surface area (Å²) in [6, 6.07) is 13.8. The monoisotopic (exact) mass is 477 g/mol. The molecule has 0 N–H and O–H groups in total. The van der Waals surface area contributed by atoms with Crippen LogP contribution in [0.4, 0.5) is 0 Å². The second-order valence-electron chi connectivity index (χ2n) is 7.57. The number of fused-ring (bicyclic) bond motifs is 2. The lowest BCUT2D eigenvalue weighted by molar-refractivity contribution is 0.0962. The van der Waals surface area contributed by atoms with Crippen molar-refractivity contribution in [3.63, 3.8) is 0 Å². The lowest BCUT2D eigenvalue weighted by Gasteiger charge is -2.25. The maximum atomic E-state index is 13.0. The molecule has 0 saturated heterocycles. The van der Waals surface area contributed by atoms with Crippen LogP contribution in [-0.2, 0) is 6.42 Å². The molecule has 1 aliphatic carbocycles. The third-order valence-corrected chi connectivity index (χ3v) is 6.31. The molecule has 1 unspecified atom stereocenters. The molecule has 7 heteroatoms. The lowest BCUT2D eigenvalue weighted by atomic mass is 9.81. The minimum absolute atomic E-state index is 0.00476. The van der Waals surface area contributed by atoms with Crippen LogP contribution in [0.1, 0.15) is 34.0 Å². The third-order valence-electron chi connectivity index (χ3n) is 5.78. The molecule has 0 aliphatic heterocycles. The second kappa shape index (κ2) is 7.81. The van der Waals surface area contributed by atoms with Crippen LogP contribution in [-0.4, -0.2) is 34.6 Å². The Labute approximate surface area is 188 Å². The highest BCUT2D eigenvalue weighted by Crippen LogP contribution is 2.38. The van der Waals surface area contributed by atoms with Gasteiger partial charge in [0.15, 0.2) is 11.4 Å². The van der Waals surface area contributed by atoms with Crippen molar-refractivity contribution in [3.8, 4) is 22.6 Å². The molecule has 5 rings (SSSR count). The molecule has 0 bridgehead atoms. The van der Waals surface area contributed by atoms with Gasteiger partial charge in [-0.15, -0.1) is 0 Å². The summed E-state index contributed by atoms with van der Waals surface area (Å²) in [6.45, 7) is 0. The van der Waals surface area contributed by atoms with Crippen molar-refractivity contribution >= 4 is 27.4 Å². The number of ketones is 1. The maximum absolute atomic E-state index is 13.0. The van der Waals surface area contributed by atoms with Gasteiger partial charge in [-0.2, -0.15) is 5.10 Å². The predicted molar refractivity (Wildman–Crippen MR) is 121 cm³/mol. The summed E-state index contributed by atoms with van der Waals surface area (Å²) >= 11 is 3.47. The van der Waals surface area contributed by atoms with E-state index < -0.39 is 0 Å². The molecule has 4 aromatic rings. The number of ether oxygens (including phenoxy) is 2. The summed E-state index contributed by atoms with van der Waals surface area (Å²) < 4.78 is 13.6. The summed E-state index contributed by atoms with van der Waals surface area (Å²) in [5, 5.41) is 4.44. The Balaban J connectivity index is 1.57. The number of carbonyl (C=O) groups excluding carboxylic acids is 1. The molecule has 0 spiro atoms. The van der Waals surface area contributed by atoms with E-state index in [1.54, 1.807) is 24.9 Å². The number of hydrogen-bond acceptors (Lipinski definition) is 5. The van der Waals surface area contributed by atoms with E-state index in [0.29, 0.717) is 18.4 Å². The minimum Gasteiger partial charge on any atom is -0.497 e. The first-order chi connectivity index (χ1) is 15.1. The number of rotatable bonds is 4. The van der Waals surface area contributed by atoms with Gasteiger partial charge in [0.1, 0.15) is 11.5 Å². The molecule has 156 valence electrons. The number of hydrogen-bond donors (Lipinski definition) is 0. The van der Waals surface area contributed by atoms with Crippen LogP contribution in [0.15, 0.2) is 59.3 Å². The van der Waals surface area contributed by atoms with Crippen LogP contribution < -0.4 is 9.47 Å². The van der Waals surface area contributed by atoms with Gasteiger partial charge in [-0.3, -0.25) is 4.79 Å². The highest BCUT2D eigenvalue weighted by molar-refractivity contribution is 9.10. The highest BCUT2D eigenvalue weighted by Gasteiger charge is 2.30. The second-order valence-corrected chi connectivity index (χ2v) is 8.49. The van der Waals surface area contributed by atoms with Crippen LogP contribution in [0.2, 0.25) is 0 Å². The van der Waals surface area contributed by atoms with Gasteiger partial charge in [0.25, 0.3) is 0 Å². The van der Waals surface area contributed by atoms with E-state index in [0.717, 1.165) is 44.0 Å². The van der Waals surface area contributed by atoms with Crippen molar-refractivity contribution in [2.24, 2.45) is 0 Å². The Kier molecular flexibility index (Phi) is 4.98. The zero-order chi connectivity index (χ0) is 21.5. The van der Waals surface area contributed by atoms with E-state index >= 15 is 0 Å². The summed E-state index contributed by atoms with van der Waals surface area (Å²) in [5.74, 6) is 1.51. The number of carbonyl (C=O) groups is 1. The molecule has 2 aromatic heterocycles. The summed E-state index contributed by atoms with van der Waals surface area (Å²) in [5.41, 5.74) is 5.14. The van der Waals surface area contributed by atoms with E-state index in [2.05, 4.69) is 21.0 Å². The van der Waals surface area contributed by atoms with Crippen LogP contribution in [0.5, 0.6) is 11.5 Å². The van der Waals surface area contributed by atoms with E-state index in [1.165, 1.54) is 0 Å². The normalized spacial score (nSPS) is 15.7. The zero-order valence-corrected chi connectivity index (χ0v) is 18.7. The van der Waals surface area contributed by atoms with Gasteiger partial charge in [-0.25, -0.2) is 9.50 Å². The van der Waals surface area contributed by atoms with Gasteiger partial charge in [0.2, 0.25) is 0 Å². The molecular weight excluding hydrogens is 458 g/mol. The molecule has 0 saturated carbocycles.